The van der Waals surface area contributed by atoms with Crippen molar-refractivity contribution in [2.24, 2.45) is 5.73 Å². The van der Waals surface area contributed by atoms with Crippen LogP contribution in [0.5, 0.6) is 0 Å². The number of hydrogen-bond acceptors (Lipinski definition) is 3. The lowest BCUT2D eigenvalue weighted by molar-refractivity contribution is -0.121. The first-order valence-electron chi connectivity index (χ1n) is 7.61. The van der Waals surface area contributed by atoms with E-state index in [0.29, 0.717) is 11.4 Å². The summed E-state index contributed by atoms with van der Waals surface area (Å²) in [5.74, 6) is -0.459. The molecule has 0 aromatic heterocycles. The Morgan fingerprint density at radius 2 is 1.71 bits per heavy atom. The smallest absolute Gasteiger partial charge is 0.318 e. The van der Waals surface area contributed by atoms with Gasteiger partial charge in [0.1, 0.15) is 0 Å². The number of carbonyl (C=O) groups excluding carboxylic acids is 2. The van der Waals surface area contributed by atoms with Gasteiger partial charge in [0.2, 0.25) is 5.91 Å². The highest BCUT2D eigenvalue weighted by atomic mass is 35.5. The van der Waals surface area contributed by atoms with Crippen molar-refractivity contribution >= 4 is 23.5 Å². The molecule has 0 saturated heterocycles. The van der Waals surface area contributed by atoms with Crippen LogP contribution in [-0.2, 0) is 11.2 Å². The van der Waals surface area contributed by atoms with E-state index in [-0.39, 0.29) is 6.04 Å². The summed E-state index contributed by atoms with van der Waals surface area (Å²) in [6.07, 6.45) is 0.676. The first-order valence-corrected chi connectivity index (χ1v) is 7.99. The molecule has 5 nitrogen and oxygen atoms in total. The van der Waals surface area contributed by atoms with Crippen LogP contribution in [0.4, 0.5) is 4.79 Å². The van der Waals surface area contributed by atoms with E-state index in [1.165, 1.54) is 0 Å². The fourth-order valence-electron chi connectivity index (χ4n) is 2.42. The molecular formula is C18H20ClN3O2. The van der Waals surface area contributed by atoms with E-state index in [1.807, 2.05) is 54.6 Å². The minimum Gasteiger partial charge on any atom is -0.351 e. The Balaban J connectivity index is 2.15. The van der Waals surface area contributed by atoms with Crippen molar-refractivity contribution in [1.82, 2.24) is 10.6 Å². The lowest BCUT2D eigenvalue weighted by Crippen LogP contribution is -2.47. The molecule has 0 aliphatic heterocycles. The summed E-state index contributed by atoms with van der Waals surface area (Å²) in [5, 5.41) is 6.02. The van der Waals surface area contributed by atoms with Gasteiger partial charge in [-0.1, -0.05) is 54.1 Å². The molecule has 0 fully saturated rings. The van der Waals surface area contributed by atoms with Gasteiger partial charge >= 0.3 is 6.03 Å². The van der Waals surface area contributed by atoms with Crippen molar-refractivity contribution in [2.75, 3.05) is 0 Å². The van der Waals surface area contributed by atoms with Gasteiger partial charge in [0, 0.05) is 11.1 Å². The number of amides is 3. The Labute approximate surface area is 146 Å². The zero-order chi connectivity index (χ0) is 17.5. The van der Waals surface area contributed by atoms with Crippen molar-refractivity contribution in [3.8, 4) is 0 Å². The Kier molecular flexibility index (Phi) is 6.35. The predicted molar refractivity (Wildman–Crippen MR) is 94.7 cm³/mol. The Morgan fingerprint density at radius 3 is 2.29 bits per heavy atom. The largest absolute Gasteiger partial charge is 0.351 e. The van der Waals surface area contributed by atoms with E-state index in [1.54, 1.807) is 6.92 Å². The minimum atomic E-state index is -0.859. The summed E-state index contributed by atoms with van der Waals surface area (Å²) in [7, 11) is 0. The molecule has 4 N–H and O–H groups in total. The van der Waals surface area contributed by atoms with Crippen LogP contribution >= 0.6 is 11.6 Å². The normalized spacial score (nSPS) is 13.1. The lowest BCUT2D eigenvalue weighted by Gasteiger charge is -2.23. The average Bonchev–Trinajstić information content (AvgIpc) is 2.56. The zero-order valence-corrected chi connectivity index (χ0v) is 14.1. The van der Waals surface area contributed by atoms with Crippen LogP contribution in [0.3, 0.4) is 0 Å². The molecule has 126 valence electrons. The topological polar surface area (TPSA) is 84.2 Å². The predicted octanol–water partition coefficient (Wildman–Crippen LogP) is 2.80. The molecule has 0 heterocycles. The second kappa shape index (κ2) is 8.47. The van der Waals surface area contributed by atoms with E-state index in [9.17, 15) is 9.59 Å². The third kappa shape index (κ3) is 5.37. The second-order valence-electron chi connectivity index (χ2n) is 5.54. The molecule has 0 aliphatic rings. The van der Waals surface area contributed by atoms with Crippen LogP contribution in [0.25, 0.3) is 0 Å². The minimum absolute atomic E-state index is 0.0963. The first-order chi connectivity index (χ1) is 11.5. The summed E-state index contributed by atoms with van der Waals surface area (Å²) >= 11 is 5.93. The van der Waals surface area contributed by atoms with Gasteiger partial charge in [0.15, 0.2) is 0 Å². The summed E-state index contributed by atoms with van der Waals surface area (Å²) in [5.41, 5.74) is 7.13. The number of halogens is 1. The molecule has 2 aromatic rings. The third-order valence-corrected chi connectivity index (χ3v) is 3.90. The van der Waals surface area contributed by atoms with E-state index in [4.69, 9.17) is 17.3 Å². The molecule has 0 bridgehead atoms. The monoisotopic (exact) mass is 345 g/mol. The van der Waals surface area contributed by atoms with Crippen molar-refractivity contribution in [3.05, 3.63) is 70.7 Å². The van der Waals surface area contributed by atoms with Gasteiger partial charge in [0.05, 0.1) is 6.04 Å². The van der Waals surface area contributed by atoms with Gasteiger partial charge in [-0.25, -0.2) is 4.79 Å². The van der Waals surface area contributed by atoms with Gasteiger partial charge < -0.3 is 5.73 Å². The molecule has 0 spiro atoms. The average molecular weight is 346 g/mol. The molecule has 2 atom stereocenters. The number of urea groups is 1. The van der Waals surface area contributed by atoms with Crippen molar-refractivity contribution in [3.63, 3.8) is 0 Å². The molecule has 3 amide bonds. The Hall–Kier alpha value is -2.37. The van der Waals surface area contributed by atoms with E-state index < -0.39 is 18.0 Å². The summed E-state index contributed by atoms with van der Waals surface area (Å²) < 4.78 is 0. The maximum Gasteiger partial charge on any atom is 0.318 e. The van der Waals surface area contributed by atoms with Crippen LogP contribution in [0.1, 0.15) is 24.1 Å². The van der Waals surface area contributed by atoms with Crippen LogP contribution in [0.2, 0.25) is 5.02 Å². The van der Waals surface area contributed by atoms with E-state index in [2.05, 4.69) is 10.6 Å². The Morgan fingerprint density at radius 1 is 1.08 bits per heavy atom. The first kappa shape index (κ1) is 18.0. The maximum atomic E-state index is 11.9. The maximum absolute atomic E-state index is 11.9. The number of rotatable bonds is 6. The lowest BCUT2D eigenvalue weighted by atomic mass is 9.98. The van der Waals surface area contributed by atoms with E-state index in [0.717, 1.165) is 11.1 Å². The molecule has 0 unspecified atom stereocenters. The molecule has 0 aliphatic carbocycles. The summed E-state index contributed by atoms with van der Waals surface area (Å²) in [6, 6.07) is 15.9. The third-order valence-electron chi connectivity index (χ3n) is 3.65. The van der Waals surface area contributed by atoms with Crippen molar-refractivity contribution in [2.45, 2.75) is 25.4 Å². The number of benzene rings is 2. The molecule has 6 heteroatoms. The van der Waals surface area contributed by atoms with Gasteiger partial charge in [-0.05, 0) is 36.6 Å². The van der Waals surface area contributed by atoms with Crippen LogP contribution in [-0.4, -0.2) is 18.0 Å². The molecule has 0 saturated carbocycles. The molecule has 0 radical (unpaired) electrons. The standard InChI is InChI=1S/C18H20ClN3O2/c1-12(17(23)22-18(20)24)21-16(14-5-3-2-4-6-14)11-13-7-9-15(19)10-8-13/h2-10,12,16,21H,11H2,1H3,(H3,20,22,23,24)/t12-,16-/m1/s1. The zero-order valence-electron chi connectivity index (χ0n) is 13.3. The summed E-state index contributed by atoms with van der Waals surface area (Å²) in [6.45, 7) is 1.69. The molecule has 2 rings (SSSR count). The number of nitrogens with one attached hydrogen (secondary N) is 2. The van der Waals surface area contributed by atoms with Gasteiger partial charge in [-0.2, -0.15) is 0 Å². The Bertz CT molecular complexity index is 689. The van der Waals surface area contributed by atoms with Gasteiger partial charge in [-0.3, -0.25) is 15.4 Å². The SMILES string of the molecule is C[C@@H](N[C@H](Cc1ccc(Cl)cc1)c1ccccc1)C(=O)NC(N)=O. The molecular weight excluding hydrogens is 326 g/mol. The second-order valence-corrected chi connectivity index (χ2v) is 5.97. The molecule has 2 aromatic carbocycles. The van der Waals surface area contributed by atoms with Crippen LogP contribution in [0, 0.1) is 0 Å². The number of carbonyl (C=O) groups is 2. The van der Waals surface area contributed by atoms with Crippen molar-refractivity contribution < 1.29 is 9.59 Å². The number of imide groups is 1. The fraction of sp³-hybridized carbons (Fsp3) is 0.222. The molecule has 24 heavy (non-hydrogen) atoms. The highest BCUT2D eigenvalue weighted by Gasteiger charge is 2.20. The van der Waals surface area contributed by atoms with Crippen LogP contribution < -0.4 is 16.4 Å². The number of hydrogen-bond donors (Lipinski definition) is 3. The van der Waals surface area contributed by atoms with E-state index >= 15 is 0 Å². The quantitative estimate of drug-likeness (QED) is 0.752. The van der Waals surface area contributed by atoms with Crippen molar-refractivity contribution in [1.29, 1.82) is 0 Å². The summed E-state index contributed by atoms with van der Waals surface area (Å²) in [4.78, 5) is 22.8. The highest BCUT2D eigenvalue weighted by molar-refractivity contribution is 6.30. The van der Waals surface area contributed by atoms with Crippen LogP contribution in [0.15, 0.2) is 54.6 Å². The number of primary amides is 1. The number of nitrogens with two attached hydrogens (primary N) is 1. The fourth-order valence-corrected chi connectivity index (χ4v) is 2.55. The highest BCUT2D eigenvalue weighted by Crippen LogP contribution is 2.20. The van der Waals surface area contributed by atoms with Gasteiger partial charge in [0.25, 0.3) is 0 Å². The van der Waals surface area contributed by atoms with Gasteiger partial charge in [-0.15, -0.1) is 0 Å².